The number of carbonyl (C=O) groups excluding carboxylic acids is 1. The highest BCUT2D eigenvalue weighted by molar-refractivity contribution is 5.86. The van der Waals surface area contributed by atoms with Crippen LogP contribution in [0.5, 0.6) is 0 Å². The van der Waals surface area contributed by atoms with Crippen LogP contribution in [0.25, 0.3) is 0 Å². The quantitative estimate of drug-likeness (QED) is 0.818. The van der Waals surface area contributed by atoms with E-state index in [1.807, 2.05) is 0 Å². The molecule has 0 aromatic rings. The second-order valence-electron chi connectivity index (χ2n) is 6.07. The molecule has 0 spiro atoms. The van der Waals surface area contributed by atoms with Crippen LogP contribution < -0.4 is 5.32 Å². The third kappa shape index (κ3) is 3.08. The summed E-state index contributed by atoms with van der Waals surface area (Å²) in [4.78, 5) is 12.4. The number of ether oxygens (including phenoxy) is 1. The lowest BCUT2D eigenvalue weighted by molar-refractivity contribution is -0.126. The maximum atomic E-state index is 12.4. The summed E-state index contributed by atoms with van der Waals surface area (Å²) in [6, 6.07) is 0.0439. The second kappa shape index (κ2) is 5.49. The van der Waals surface area contributed by atoms with E-state index in [-0.39, 0.29) is 18.1 Å². The van der Waals surface area contributed by atoms with Crippen LogP contribution in [0.15, 0.2) is 0 Å². The smallest absolute Gasteiger partial charge is 0.152 e. The Balaban J connectivity index is 1.91. The Morgan fingerprint density at radius 2 is 1.76 bits per heavy atom. The molecule has 2 rings (SSSR count). The zero-order chi connectivity index (χ0) is 12.4. The Labute approximate surface area is 104 Å². The Bertz CT molecular complexity index is 269. The monoisotopic (exact) mass is 239 g/mol. The molecule has 1 saturated carbocycles. The molecule has 98 valence electrons. The maximum absolute atomic E-state index is 12.4. The lowest BCUT2D eigenvalue weighted by atomic mass is 9.74. The van der Waals surface area contributed by atoms with E-state index in [0.29, 0.717) is 17.6 Å². The predicted octanol–water partition coefficient (Wildman–Crippen LogP) is 2.00. The molecule has 0 radical (unpaired) electrons. The minimum atomic E-state index is 0.0439. The van der Waals surface area contributed by atoms with Crippen LogP contribution in [0, 0.1) is 17.8 Å². The van der Waals surface area contributed by atoms with Gasteiger partial charge in [-0.2, -0.15) is 0 Å². The normalized spacial score (nSPS) is 42.6. The molecule has 2 aliphatic rings. The minimum absolute atomic E-state index is 0.0439. The van der Waals surface area contributed by atoms with E-state index in [2.05, 4.69) is 19.2 Å². The Morgan fingerprint density at radius 3 is 2.29 bits per heavy atom. The van der Waals surface area contributed by atoms with Gasteiger partial charge in [0.2, 0.25) is 0 Å². The molecular formula is C14H25NO2. The summed E-state index contributed by atoms with van der Waals surface area (Å²) in [7, 11) is 1.73. The zero-order valence-electron chi connectivity index (χ0n) is 11.2. The van der Waals surface area contributed by atoms with E-state index >= 15 is 0 Å². The van der Waals surface area contributed by atoms with Gasteiger partial charge in [-0.25, -0.2) is 0 Å². The van der Waals surface area contributed by atoms with E-state index < -0.39 is 0 Å². The van der Waals surface area contributed by atoms with Gasteiger partial charge in [-0.15, -0.1) is 0 Å². The summed E-state index contributed by atoms with van der Waals surface area (Å²) >= 11 is 0. The predicted molar refractivity (Wildman–Crippen MR) is 67.9 cm³/mol. The first kappa shape index (κ1) is 13.0. The first-order chi connectivity index (χ1) is 8.10. The number of ketones is 1. The van der Waals surface area contributed by atoms with Crippen LogP contribution in [0.2, 0.25) is 0 Å². The van der Waals surface area contributed by atoms with Crippen molar-refractivity contribution >= 4 is 5.78 Å². The summed E-state index contributed by atoms with van der Waals surface area (Å²) in [5.74, 6) is 2.12. The number of nitrogens with one attached hydrogen (secondary N) is 1. The molecule has 17 heavy (non-hydrogen) atoms. The number of carbonyl (C=O) groups is 1. The third-order valence-electron chi connectivity index (χ3n) is 4.35. The fourth-order valence-corrected chi connectivity index (χ4v) is 3.56. The van der Waals surface area contributed by atoms with Gasteiger partial charge in [-0.1, -0.05) is 13.8 Å². The lowest BCUT2D eigenvalue weighted by Gasteiger charge is -2.31. The lowest BCUT2D eigenvalue weighted by Crippen LogP contribution is -2.38. The van der Waals surface area contributed by atoms with Gasteiger partial charge in [-0.3, -0.25) is 4.79 Å². The summed E-state index contributed by atoms with van der Waals surface area (Å²) in [5.41, 5.74) is 0. The van der Waals surface area contributed by atoms with Crippen molar-refractivity contribution in [1.29, 1.82) is 0 Å². The number of Topliss-reactive ketones (excluding diaryl/α,β-unsaturated/α-hetero) is 1. The zero-order valence-corrected chi connectivity index (χ0v) is 11.2. The molecule has 1 saturated heterocycles. The highest BCUT2D eigenvalue weighted by Crippen LogP contribution is 2.34. The SMILES string of the molecule is COC1CNC(C(=O)C2CC(C)CC(C)C2)C1. The highest BCUT2D eigenvalue weighted by atomic mass is 16.5. The molecule has 0 bridgehead atoms. The summed E-state index contributed by atoms with van der Waals surface area (Å²) in [6.45, 7) is 5.37. The van der Waals surface area contributed by atoms with Crippen molar-refractivity contribution in [2.45, 2.75) is 51.7 Å². The Morgan fingerprint density at radius 1 is 1.12 bits per heavy atom. The molecule has 1 aliphatic heterocycles. The fourth-order valence-electron chi connectivity index (χ4n) is 3.56. The van der Waals surface area contributed by atoms with E-state index in [9.17, 15) is 4.79 Å². The highest BCUT2D eigenvalue weighted by Gasteiger charge is 2.36. The van der Waals surface area contributed by atoms with Crippen molar-refractivity contribution < 1.29 is 9.53 Å². The van der Waals surface area contributed by atoms with E-state index in [4.69, 9.17) is 4.74 Å². The molecule has 4 unspecified atom stereocenters. The first-order valence-corrected chi connectivity index (χ1v) is 6.90. The van der Waals surface area contributed by atoms with Crippen LogP contribution in [0.3, 0.4) is 0 Å². The minimum Gasteiger partial charge on any atom is -0.380 e. The molecule has 0 aromatic heterocycles. The van der Waals surface area contributed by atoms with Gasteiger partial charge < -0.3 is 10.1 Å². The van der Waals surface area contributed by atoms with Crippen LogP contribution in [-0.2, 0) is 9.53 Å². The molecule has 0 amide bonds. The van der Waals surface area contributed by atoms with Crippen molar-refractivity contribution in [1.82, 2.24) is 5.32 Å². The molecule has 0 aromatic carbocycles. The molecular weight excluding hydrogens is 214 g/mol. The number of rotatable bonds is 3. The molecule has 4 atom stereocenters. The number of hydrogen-bond acceptors (Lipinski definition) is 3. The van der Waals surface area contributed by atoms with Crippen LogP contribution in [0.1, 0.15) is 39.5 Å². The third-order valence-corrected chi connectivity index (χ3v) is 4.35. The first-order valence-electron chi connectivity index (χ1n) is 6.90. The van der Waals surface area contributed by atoms with Crippen LogP contribution >= 0.6 is 0 Å². The summed E-state index contributed by atoms with van der Waals surface area (Å²) in [5, 5.41) is 3.31. The van der Waals surface area contributed by atoms with E-state index in [0.717, 1.165) is 25.8 Å². The molecule has 3 heteroatoms. The number of methoxy groups -OCH3 is 1. The van der Waals surface area contributed by atoms with Crippen LogP contribution in [-0.4, -0.2) is 31.6 Å². The average Bonchev–Trinajstić information content (AvgIpc) is 2.75. The Hall–Kier alpha value is -0.410. The van der Waals surface area contributed by atoms with Gasteiger partial charge in [-0.05, 0) is 37.5 Å². The van der Waals surface area contributed by atoms with Crippen molar-refractivity contribution in [2.24, 2.45) is 17.8 Å². The topological polar surface area (TPSA) is 38.3 Å². The van der Waals surface area contributed by atoms with Gasteiger partial charge in [0, 0.05) is 19.6 Å². The van der Waals surface area contributed by atoms with Gasteiger partial charge in [0.1, 0.15) is 0 Å². The molecule has 3 nitrogen and oxygen atoms in total. The van der Waals surface area contributed by atoms with E-state index in [1.165, 1.54) is 6.42 Å². The van der Waals surface area contributed by atoms with Gasteiger partial charge in [0.25, 0.3) is 0 Å². The summed E-state index contributed by atoms with van der Waals surface area (Å²) < 4.78 is 5.31. The van der Waals surface area contributed by atoms with Gasteiger partial charge in [0.05, 0.1) is 12.1 Å². The van der Waals surface area contributed by atoms with E-state index in [1.54, 1.807) is 7.11 Å². The average molecular weight is 239 g/mol. The van der Waals surface area contributed by atoms with Gasteiger partial charge >= 0.3 is 0 Å². The molecule has 1 heterocycles. The van der Waals surface area contributed by atoms with Crippen LogP contribution in [0.4, 0.5) is 0 Å². The summed E-state index contributed by atoms with van der Waals surface area (Å²) in [6.07, 6.45) is 4.53. The largest absolute Gasteiger partial charge is 0.380 e. The maximum Gasteiger partial charge on any atom is 0.152 e. The van der Waals surface area contributed by atoms with Crippen molar-refractivity contribution in [2.75, 3.05) is 13.7 Å². The standard InChI is InChI=1S/C14H25NO2/c1-9-4-10(2)6-11(5-9)14(16)13-7-12(17-3)8-15-13/h9-13,15H,4-8H2,1-3H3. The number of hydrogen-bond donors (Lipinski definition) is 1. The van der Waals surface area contributed by atoms with Gasteiger partial charge in [0.15, 0.2) is 5.78 Å². The molecule has 1 N–H and O–H groups in total. The Kier molecular flexibility index (Phi) is 4.21. The van der Waals surface area contributed by atoms with Crippen molar-refractivity contribution in [3.05, 3.63) is 0 Å². The van der Waals surface area contributed by atoms with Crippen molar-refractivity contribution in [3.8, 4) is 0 Å². The molecule has 1 aliphatic carbocycles. The second-order valence-corrected chi connectivity index (χ2v) is 6.07. The van der Waals surface area contributed by atoms with Crippen molar-refractivity contribution in [3.63, 3.8) is 0 Å². The fraction of sp³-hybridized carbons (Fsp3) is 0.929. The molecule has 2 fully saturated rings.